The zero-order valence-corrected chi connectivity index (χ0v) is 12.1. The number of nitrogen functional groups attached to an aromatic ring is 1. The van der Waals surface area contributed by atoms with Crippen molar-refractivity contribution in [2.24, 2.45) is 0 Å². The van der Waals surface area contributed by atoms with Crippen LogP contribution in [0.1, 0.15) is 24.8 Å². The second-order valence-electron chi connectivity index (χ2n) is 5.61. The molecule has 0 radical (unpaired) electrons. The Hall–Kier alpha value is -2.24. The van der Waals surface area contributed by atoms with Crippen LogP contribution in [0.2, 0.25) is 0 Å². The minimum Gasteiger partial charge on any atom is -0.397 e. The Labute approximate surface area is 123 Å². The predicted octanol–water partition coefficient (Wildman–Crippen LogP) is 0.868. The van der Waals surface area contributed by atoms with Crippen molar-refractivity contribution < 1.29 is 9.59 Å². The van der Waals surface area contributed by atoms with E-state index in [2.05, 4.69) is 15.5 Å². The summed E-state index contributed by atoms with van der Waals surface area (Å²) < 4.78 is 0. The van der Waals surface area contributed by atoms with E-state index in [9.17, 15) is 9.59 Å². The van der Waals surface area contributed by atoms with Gasteiger partial charge in [0.25, 0.3) is 0 Å². The van der Waals surface area contributed by atoms with Crippen LogP contribution in [0.5, 0.6) is 0 Å². The van der Waals surface area contributed by atoms with E-state index in [1.807, 2.05) is 12.1 Å². The zero-order chi connectivity index (χ0) is 15.0. The lowest BCUT2D eigenvalue weighted by Gasteiger charge is -2.37. The van der Waals surface area contributed by atoms with Crippen molar-refractivity contribution >= 4 is 28.9 Å². The number of fused-ring (bicyclic) bond motifs is 1. The zero-order valence-electron chi connectivity index (χ0n) is 12.1. The van der Waals surface area contributed by atoms with E-state index >= 15 is 0 Å². The summed E-state index contributed by atoms with van der Waals surface area (Å²) in [4.78, 5) is 25.6. The fourth-order valence-electron chi connectivity index (χ4n) is 3.19. The highest BCUT2D eigenvalue weighted by molar-refractivity contribution is 6.01. The van der Waals surface area contributed by atoms with E-state index < -0.39 is 0 Å². The van der Waals surface area contributed by atoms with Crippen LogP contribution in [0.4, 0.5) is 17.1 Å². The van der Waals surface area contributed by atoms with Gasteiger partial charge in [-0.3, -0.25) is 9.59 Å². The lowest BCUT2D eigenvalue weighted by molar-refractivity contribution is -0.122. The van der Waals surface area contributed by atoms with Gasteiger partial charge in [0.15, 0.2) is 0 Å². The van der Waals surface area contributed by atoms with Gasteiger partial charge >= 0.3 is 0 Å². The molecular formula is C15H20N4O2. The summed E-state index contributed by atoms with van der Waals surface area (Å²) in [6.07, 6.45) is 3.27. The maximum absolute atomic E-state index is 12.1. The third-order valence-electron chi connectivity index (χ3n) is 4.24. The largest absolute Gasteiger partial charge is 0.397 e. The molecule has 4 N–H and O–H groups in total. The maximum atomic E-state index is 12.1. The van der Waals surface area contributed by atoms with E-state index in [-0.39, 0.29) is 17.9 Å². The molecule has 1 atom stereocenters. The van der Waals surface area contributed by atoms with Gasteiger partial charge in [-0.1, -0.05) is 0 Å². The van der Waals surface area contributed by atoms with Crippen LogP contribution < -0.4 is 21.3 Å². The van der Waals surface area contributed by atoms with E-state index in [1.165, 1.54) is 0 Å². The first kappa shape index (κ1) is 13.7. The van der Waals surface area contributed by atoms with Gasteiger partial charge in [-0.05, 0) is 37.0 Å². The van der Waals surface area contributed by atoms with Crippen molar-refractivity contribution in [1.29, 1.82) is 0 Å². The molecule has 1 fully saturated rings. The lowest BCUT2D eigenvalue weighted by atomic mass is 9.99. The predicted molar refractivity (Wildman–Crippen MR) is 82.2 cm³/mol. The second kappa shape index (κ2) is 5.27. The molecule has 0 aromatic heterocycles. The molecule has 21 heavy (non-hydrogen) atoms. The summed E-state index contributed by atoms with van der Waals surface area (Å²) >= 11 is 0. The topological polar surface area (TPSA) is 87.5 Å². The van der Waals surface area contributed by atoms with E-state index in [0.29, 0.717) is 12.1 Å². The molecule has 1 unspecified atom stereocenters. The van der Waals surface area contributed by atoms with Gasteiger partial charge in [-0.25, -0.2) is 0 Å². The number of piperidine rings is 1. The molecule has 2 aliphatic heterocycles. The van der Waals surface area contributed by atoms with Gasteiger partial charge < -0.3 is 21.3 Å². The first-order valence-corrected chi connectivity index (χ1v) is 7.30. The summed E-state index contributed by atoms with van der Waals surface area (Å²) in [6.45, 7) is 0.801. The number of anilines is 3. The number of benzene rings is 1. The molecular weight excluding hydrogens is 268 g/mol. The second-order valence-corrected chi connectivity index (χ2v) is 5.61. The number of hydrogen-bond acceptors (Lipinski definition) is 4. The lowest BCUT2D eigenvalue weighted by Crippen LogP contribution is -2.49. The Morgan fingerprint density at radius 3 is 3.00 bits per heavy atom. The maximum Gasteiger partial charge on any atom is 0.242 e. The first-order chi connectivity index (χ1) is 10.1. The van der Waals surface area contributed by atoms with Crippen LogP contribution in [0.15, 0.2) is 12.1 Å². The van der Waals surface area contributed by atoms with Gasteiger partial charge in [0, 0.05) is 19.3 Å². The Balaban J connectivity index is 1.97. The van der Waals surface area contributed by atoms with E-state index in [4.69, 9.17) is 5.73 Å². The molecule has 0 aliphatic carbocycles. The molecule has 2 aliphatic rings. The Bertz CT molecular complexity index is 600. The summed E-state index contributed by atoms with van der Waals surface area (Å²) in [5, 5.41) is 5.56. The van der Waals surface area contributed by atoms with Crippen molar-refractivity contribution in [1.82, 2.24) is 5.32 Å². The Morgan fingerprint density at radius 2 is 2.24 bits per heavy atom. The number of hydrogen-bond donors (Lipinski definition) is 3. The number of amides is 2. The number of carbonyl (C=O) groups excluding carboxylic acids is 2. The van der Waals surface area contributed by atoms with Gasteiger partial charge in [0.2, 0.25) is 11.8 Å². The molecule has 1 aromatic rings. The average Bonchev–Trinajstić information content (AvgIpc) is 2.84. The smallest absolute Gasteiger partial charge is 0.242 e. The van der Waals surface area contributed by atoms with Crippen LogP contribution in [-0.4, -0.2) is 31.4 Å². The number of rotatable bonds is 2. The molecule has 0 spiro atoms. The van der Waals surface area contributed by atoms with E-state index in [0.717, 1.165) is 42.7 Å². The van der Waals surface area contributed by atoms with Gasteiger partial charge in [0.05, 0.1) is 17.8 Å². The van der Waals surface area contributed by atoms with Crippen LogP contribution in [0.3, 0.4) is 0 Å². The van der Waals surface area contributed by atoms with Gasteiger partial charge in [-0.2, -0.15) is 0 Å². The highest BCUT2D eigenvalue weighted by Gasteiger charge is 2.30. The van der Waals surface area contributed by atoms with Crippen molar-refractivity contribution in [3.63, 3.8) is 0 Å². The quantitative estimate of drug-likeness (QED) is 0.705. The fourth-order valence-corrected chi connectivity index (χ4v) is 3.19. The monoisotopic (exact) mass is 288 g/mol. The number of carbonyl (C=O) groups is 2. The summed E-state index contributed by atoms with van der Waals surface area (Å²) in [6, 6.07) is 3.55. The molecule has 0 saturated carbocycles. The third-order valence-corrected chi connectivity index (χ3v) is 4.24. The minimum atomic E-state index is -0.193. The normalized spacial score (nSPS) is 20.9. The van der Waals surface area contributed by atoms with Crippen molar-refractivity contribution in [2.45, 2.75) is 31.7 Å². The number of likely N-dealkylation sites (N-methyl/N-ethyl adjacent to an activating group) is 1. The Kier molecular flexibility index (Phi) is 3.45. The average molecular weight is 288 g/mol. The molecule has 1 saturated heterocycles. The Morgan fingerprint density at radius 1 is 1.43 bits per heavy atom. The van der Waals surface area contributed by atoms with Gasteiger partial charge in [0.1, 0.15) is 6.04 Å². The van der Waals surface area contributed by atoms with Crippen LogP contribution >= 0.6 is 0 Å². The number of nitrogens with two attached hydrogens (primary N) is 1. The SMILES string of the molecule is CNC(=O)C1CCCCN1c1cc2c(cc1N)CC(=O)N2. The molecule has 6 nitrogen and oxygen atoms in total. The first-order valence-electron chi connectivity index (χ1n) is 7.30. The summed E-state index contributed by atoms with van der Waals surface area (Å²) in [7, 11) is 1.65. The highest BCUT2D eigenvalue weighted by atomic mass is 16.2. The van der Waals surface area contributed by atoms with Gasteiger partial charge in [-0.15, -0.1) is 0 Å². The summed E-state index contributed by atoms with van der Waals surface area (Å²) in [5.41, 5.74) is 9.36. The molecule has 6 heteroatoms. The molecule has 2 heterocycles. The van der Waals surface area contributed by atoms with Crippen molar-refractivity contribution in [3.8, 4) is 0 Å². The van der Waals surface area contributed by atoms with Crippen molar-refractivity contribution in [3.05, 3.63) is 17.7 Å². The standard InChI is InChI=1S/C15H20N4O2/c1-17-15(21)12-4-2-3-5-19(12)13-8-11-9(6-10(13)16)7-14(20)18-11/h6,8,12H,2-5,7,16H2,1H3,(H,17,21)(H,18,20). The van der Waals surface area contributed by atoms with Crippen LogP contribution in [0, 0.1) is 0 Å². The van der Waals surface area contributed by atoms with Crippen LogP contribution in [-0.2, 0) is 16.0 Å². The molecule has 1 aromatic carbocycles. The minimum absolute atomic E-state index is 0.0111. The molecule has 0 bridgehead atoms. The van der Waals surface area contributed by atoms with Crippen LogP contribution in [0.25, 0.3) is 0 Å². The third kappa shape index (κ3) is 2.41. The van der Waals surface area contributed by atoms with E-state index in [1.54, 1.807) is 7.05 Å². The molecule has 3 rings (SSSR count). The number of nitrogens with zero attached hydrogens (tertiary/aromatic N) is 1. The molecule has 2 amide bonds. The highest BCUT2D eigenvalue weighted by Crippen LogP contribution is 2.36. The molecule has 112 valence electrons. The number of nitrogens with one attached hydrogen (secondary N) is 2. The van der Waals surface area contributed by atoms with Crippen molar-refractivity contribution in [2.75, 3.05) is 29.5 Å². The fraction of sp³-hybridized carbons (Fsp3) is 0.467. The summed E-state index contributed by atoms with van der Waals surface area (Å²) in [5.74, 6) is 0.00156.